The third kappa shape index (κ3) is 5.48. The molecule has 0 spiro atoms. The third-order valence-corrected chi connectivity index (χ3v) is 5.22. The molecular formula is C18H19ClN2O3S. The van der Waals surface area contributed by atoms with Gasteiger partial charge in [0.05, 0.1) is 18.0 Å². The first-order chi connectivity index (χ1) is 12.0. The highest BCUT2D eigenvalue weighted by Crippen LogP contribution is 2.21. The van der Waals surface area contributed by atoms with Crippen LogP contribution in [-0.2, 0) is 23.1 Å². The van der Waals surface area contributed by atoms with E-state index >= 15 is 0 Å². The van der Waals surface area contributed by atoms with E-state index in [0.29, 0.717) is 18.0 Å². The molecule has 7 heteroatoms. The number of benzene rings is 2. The zero-order valence-electron chi connectivity index (χ0n) is 13.5. The fraction of sp³-hybridized carbons (Fsp3) is 0.222. The van der Waals surface area contributed by atoms with Crippen LogP contribution < -0.4 is 10.0 Å². The summed E-state index contributed by atoms with van der Waals surface area (Å²) < 4.78 is 26.2. The highest BCUT2D eigenvalue weighted by molar-refractivity contribution is 7.89. The molecule has 0 bridgehead atoms. The third-order valence-electron chi connectivity index (χ3n) is 3.57. The molecule has 0 unspecified atom stereocenters. The van der Waals surface area contributed by atoms with Gasteiger partial charge in [-0.05, 0) is 36.2 Å². The van der Waals surface area contributed by atoms with Crippen LogP contribution >= 0.6 is 11.6 Å². The smallest absolute Gasteiger partial charge is 0.241 e. The lowest BCUT2D eigenvalue weighted by molar-refractivity contribution is 0.282. The highest BCUT2D eigenvalue weighted by atomic mass is 35.5. The molecule has 0 radical (unpaired) electrons. The monoisotopic (exact) mass is 378 g/mol. The Hall–Kier alpha value is -2.04. The molecule has 25 heavy (non-hydrogen) atoms. The zero-order chi connectivity index (χ0) is 18.3. The molecule has 0 aliphatic heterocycles. The number of sulfonamides is 1. The predicted octanol–water partition coefficient (Wildman–Crippen LogP) is 2.40. The summed E-state index contributed by atoms with van der Waals surface area (Å²) in [6.07, 6.45) is 5.75. The number of aliphatic hydroxyl groups excluding tert-OH is 1. The number of rotatable bonds is 8. The van der Waals surface area contributed by atoms with Gasteiger partial charge in [-0.3, -0.25) is 0 Å². The minimum absolute atomic E-state index is 0.0408. The van der Waals surface area contributed by atoms with Crippen molar-refractivity contribution in [3.05, 3.63) is 58.6 Å². The molecule has 0 aliphatic carbocycles. The van der Waals surface area contributed by atoms with Gasteiger partial charge >= 0.3 is 0 Å². The molecule has 0 fully saturated rings. The highest BCUT2D eigenvalue weighted by Gasteiger charge is 2.12. The first-order valence-electron chi connectivity index (χ1n) is 7.61. The van der Waals surface area contributed by atoms with Crippen molar-refractivity contribution in [1.29, 1.82) is 0 Å². The molecule has 5 nitrogen and oxygen atoms in total. The summed E-state index contributed by atoms with van der Waals surface area (Å²) in [6, 6.07) is 11.9. The first kappa shape index (κ1) is 19.3. The van der Waals surface area contributed by atoms with E-state index in [1.807, 2.05) is 0 Å². The number of hydrogen-bond donors (Lipinski definition) is 3. The molecule has 0 aliphatic rings. The molecule has 2 aromatic carbocycles. The van der Waals surface area contributed by atoms with Gasteiger partial charge < -0.3 is 10.4 Å². The summed E-state index contributed by atoms with van der Waals surface area (Å²) in [6.45, 7) is 0.506. The number of terminal acetylenes is 1. The van der Waals surface area contributed by atoms with Crippen LogP contribution in [0.1, 0.15) is 11.1 Å². The van der Waals surface area contributed by atoms with Crippen molar-refractivity contribution in [2.75, 3.05) is 18.4 Å². The average Bonchev–Trinajstić information content (AvgIpc) is 2.61. The molecule has 0 saturated carbocycles. The Morgan fingerprint density at radius 3 is 2.52 bits per heavy atom. The lowest BCUT2D eigenvalue weighted by atomic mass is 10.1. The van der Waals surface area contributed by atoms with E-state index in [0.717, 1.165) is 16.8 Å². The van der Waals surface area contributed by atoms with Crippen molar-refractivity contribution in [3.63, 3.8) is 0 Å². The molecule has 2 aromatic rings. The normalized spacial score (nSPS) is 11.1. The summed E-state index contributed by atoms with van der Waals surface area (Å²) in [5.74, 6) is 2.24. The largest absolute Gasteiger partial charge is 0.392 e. The van der Waals surface area contributed by atoms with Crippen LogP contribution in [0, 0.1) is 12.3 Å². The van der Waals surface area contributed by atoms with Crippen molar-refractivity contribution >= 4 is 27.3 Å². The minimum Gasteiger partial charge on any atom is -0.392 e. The topological polar surface area (TPSA) is 78.4 Å². The van der Waals surface area contributed by atoms with E-state index in [-0.39, 0.29) is 18.0 Å². The van der Waals surface area contributed by atoms with Gasteiger partial charge in [-0.25, -0.2) is 8.42 Å². The van der Waals surface area contributed by atoms with Gasteiger partial charge in [-0.2, -0.15) is 4.72 Å². The first-order valence-corrected chi connectivity index (χ1v) is 9.47. The number of nitrogens with one attached hydrogen (secondary N) is 2. The van der Waals surface area contributed by atoms with Crippen LogP contribution in [0.2, 0.25) is 5.02 Å². The van der Waals surface area contributed by atoms with E-state index in [1.165, 1.54) is 0 Å². The molecule has 0 aromatic heterocycles. The maximum absolute atomic E-state index is 11.9. The van der Waals surface area contributed by atoms with E-state index in [9.17, 15) is 13.5 Å². The standard InChI is InChI=1S/C18H19ClN2O3S/c1-2-10-21-25(23,24)17-7-3-14(4-8-17)9-11-20-18-12-16(19)6-5-15(18)13-22/h1,3-8,12,20-22H,9-11,13H2. The predicted molar refractivity (Wildman–Crippen MR) is 100 cm³/mol. The summed E-state index contributed by atoms with van der Waals surface area (Å²) in [4.78, 5) is 0.178. The number of anilines is 1. The van der Waals surface area contributed by atoms with Crippen LogP contribution in [0.4, 0.5) is 5.69 Å². The van der Waals surface area contributed by atoms with Gasteiger partial charge in [-0.15, -0.1) is 6.42 Å². The zero-order valence-corrected chi connectivity index (χ0v) is 15.1. The second-order valence-electron chi connectivity index (χ2n) is 5.31. The molecule has 0 saturated heterocycles. The van der Waals surface area contributed by atoms with Crippen LogP contribution in [0.15, 0.2) is 47.4 Å². The lowest BCUT2D eigenvalue weighted by Crippen LogP contribution is -2.23. The molecule has 0 heterocycles. The van der Waals surface area contributed by atoms with E-state index < -0.39 is 10.0 Å². The van der Waals surface area contributed by atoms with E-state index in [1.54, 1.807) is 42.5 Å². The molecule has 132 valence electrons. The minimum atomic E-state index is -3.57. The van der Waals surface area contributed by atoms with Crippen LogP contribution in [-0.4, -0.2) is 26.6 Å². The molecule has 3 N–H and O–H groups in total. The number of hydrogen-bond acceptors (Lipinski definition) is 4. The van der Waals surface area contributed by atoms with Gasteiger partial charge in [-0.1, -0.05) is 35.7 Å². The Bertz CT molecular complexity index is 859. The van der Waals surface area contributed by atoms with Crippen LogP contribution in [0.25, 0.3) is 0 Å². The molecule has 2 rings (SSSR count). The summed E-state index contributed by atoms with van der Waals surface area (Å²) in [5, 5.41) is 13.2. The van der Waals surface area contributed by atoms with Gasteiger partial charge in [0, 0.05) is 22.8 Å². The van der Waals surface area contributed by atoms with Crippen LogP contribution in [0.3, 0.4) is 0 Å². The Morgan fingerprint density at radius 1 is 1.16 bits per heavy atom. The Balaban J connectivity index is 1.97. The van der Waals surface area contributed by atoms with E-state index in [2.05, 4.69) is 16.0 Å². The molecular weight excluding hydrogens is 360 g/mol. The number of aliphatic hydroxyl groups is 1. The Labute approximate surface area is 153 Å². The summed E-state index contributed by atoms with van der Waals surface area (Å²) >= 11 is 5.97. The summed E-state index contributed by atoms with van der Waals surface area (Å²) in [7, 11) is -3.57. The van der Waals surface area contributed by atoms with Crippen molar-refractivity contribution < 1.29 is 13.5 Å². The number of halogens is 1. The van der Waals surface area contributed by atoms with Gasteiger partial charge in [0.1, 0.15) is 0 Å². The Kier molecular flexibility index (Phi) is 6.85. The van der Waals surface area contributed by atoms with Crippen molar-refractivity contribution in [2.45, 2.75) is 17.9 Å². The van der Waals surface area contributed by atoms with Crippen molar-refractivity contribution in [3.8, 4) is 12.3 Å². The van der Waals surface area contributed by atoms with Gasteiger partial charge in [0.2, 0.25) is 10.0 Å². The fourth-order valence-electron chi connectivity index (χ4n) is 2.25. The SMILES string of the molecule is C#CCNS(=O)(=O)c1ccc(CCNc2cc(Cl)ccc2CO)cc1. The van der Waals surface area contributed by atoms with Gasteiger partial charge in [0.15, 0.2) is 0 Å². The summed E-state index contributed by atoms with van der Waals surface area (Å²) in [5.41, 5.74) is 2.54. The van der Waals surface area contributed by atoms with Crippen molar-refractivity contribution in [1.82, 2.24) is 4.72 Å². The Morgan fingerprint density at radius 2 is 1.88 bits per heavy atom. The second kappa shape index (κ2) is 8.88. The van der Waals surface area contributed by atoms with Crippen LogP contribution in [0.5, 0.6) is 0 Å². The maximum atomic E-state index is 11.9. The van der Waals surface area contributed by atoms with Gasteiger partial charge in [0.25, 0.3) is 0 Å². The molecule has 0 atom stereocenters. The molecule has 0 amide bonds. The second-order valence-corrected chi connectivity index (χ2v) is 7.51. The average molecular weight is 379 g/mol. The fourth-order valence-corrected chi connectivity index (χ4v) is 3.35. The van der Waals surface area contributed by atoms with Crippen molar-refractivity contribution in [2.24, 2.45) is 0 Å². The lowest BCUT2D eigenvalue weighted by Gasteiger charge is -2.11. The quantitative estimate of drug-likeness (QED) is 0.616. The maximum Gasteiger partial charge on any atom is 0.241 e. The van der Waals surface area contributed by atoms with E-state index in [4.69, 9.17) is 18.0 Å².